The second-order valence-electron chi connectivity index (χ2n) is 5.42. The minimum Gasteiger partial charge on any atom is -0.493 e. The van der Waals surface area contributed by atoms with Crippen LogP contribution >= 0.6 is 0 Å². The van der Waals surface area contributed by atoms with Gasteiger partial charge in [-0.05, 0) is 25.8 Å². The molecule has 0 aromatic carbocycles. The quantitative estimate of drug-likeness (QED) is 0.846. The summed E-state index contributed by atoms with van der Waals surface area (Å²) >= 11 is 0. The van der Waals surface area contributed by atoms with Gasteiger partial charge in [0.1, 0.15) is 5.76 Å². The molecule has 1 fully saturated rings. The molecule has 4 rings (SSSR count). The zero-order valence-electron chi connectivity index (χ0n) is 11.3. The fraction of sp³-hybridized carbons (Fsp3) is 0.467. The summed E-state index contributed by atoms with van der Waals surface area (Å²) in [5, 5.41) is 4.76. The second-order valence-corrected chi connectivity index (χ2v) is 5.42. The molecule has 0 bridgehead atoms. The molecule has 4 heteroatoms. The molecule has 1 unspecified atom stereocenters. The number of hydrogen-bond donors (Lipinski definition) is 0. The third-order valence-corrected chi connectivity index (χ3v) is 3.93. The Bertz CT molecular complexity index is 682. The van der Waals surface area contributed by atoms with Crippen LogP contribution < -0.4 is 0 Å². The number of ether oxygens (including phenoxy) is 1. The van der Waals surface area contributed by atoms with Crippen molar-refractivity contribution in [3.63, 3.8) is 0 Å². The zero-order valence-corrected chi connectivity index (χ0v) is 11.3. The highest BCUT2D eigenvalue weighted by Crippen LogP contribution is 2.41. The lowest BCUT2D eigenvalue weighted by Crippen LogP contribution is -2.03. The minimum absolute atomic E-state index is 0.328. The predicted molar refractivity (Wildman–Crippen MR) is 73.0 cm³/mol. The Balaban J connectivity index is 1.88. The number of allylic oxidation sites excluding steroid dienone is 1. The van der Waals surface area contributed by atoms with Crippen LogP contribution in [0.15, 0.2) is 18.3 Å². The van der Waals surface area contributed by atoms with E-state index >= 15 is 0 Å². The summed E-state index contributed by atoms with van der Waals surface area (Å²) in [7, 11) is 0. The summed E-state index contributed by atoms with van der Waals surface area (Å²) in [6.07, 6.45) is 6.62. The van der Waals surface area contributed by atoms with Crippen LogP contribution in [0.2, 0.25) is 0 Å². The Morgan fingerprint density at radius 2 is 2.26 bits per heavy atom. The lowest BCUT2D eigenvalue weighted by atomic mass is 10.1. The number of aromatic nitrogens is 3. The maximum atomic E-state index is 5.70. The van der Waals surface area contributed by atoms with Crippen LogP contribution in [-0.2, 0) is 4.74 Å². The molecule has 0 spiro atoms. The monoisotopic (exact) mass is 255 g/mol. The molecule has 0 saturated heterocycles. The van der Waals surface area contributed by atoms with Gasteiger partial charge < -0.3 is 4.74 Å². The van der Waals surface area contributed by atoms with Crippen molar-refractivity contribution in [2.45, 2.75) is 38.5 Å². The first-order valence-corrected chi connectivity index (χ1v) is 7.01. The highest BCUT2D eigenvalue weighted by molar-refractivity contribution is 5.69. The Morgan fingerprint density at radius 3 is 3.00 bits per heavy atom. The van der Waals surface area contributed by atoms with E-state index in [1.165, 1.54) is 24.2 Å². The van der Waals surface area contributed by atoms with Gasteiger partial charge in [-0.15, -0.1) is 0 Å². The van der Waals surface area contributed by atoms with E-state index in [-0.39, 0.29) is 0 Å². The van der Waals surface area contributed by atoms with Gasteiger partial charge in [-0.1, -0.05) is 6.92 Å². The maximum absolute atomic E-state index is 5.70. The molecular formula is C15H17N3O. The van der Waals surface area contributed by atoms with Gasteiger partial charge in [0.25, 0.3) is 0 Å². The van der Waals surface area contributed by atoms with Crippen LogP contribution in [0.25, 0.3) is 11.4 Å². The molecule has 1 atom stereocenters. The molecule has 19 heavy (non-hydrogen) atoms. The maximum Gasteiger partial charge on any atom is 0.155 e. The molecule has 2 aliphatic rings. The van der Waals surface area contributed by atoms with E-state index in [2.05, 4.69) is 24.1 Å². The highest BCUT2D eigenvalue weighted by atomic mass is 16.5. The van der Waals surface area contributed by atoms with Gasteiger partial charge in [0.05, 0.1) is 23.6 Å². The summed E-state index contributed by atoms with van der Waals surface area (Å²) < 4.78 is 7.71. The van der Waals surface area contributed by atoms with E-state index in [1.54, 1.807) is 0 Å². The van der Waals surface area contributed by atoms with Crippen molar-refractivity contribution in [1.29, 1.82) is 0 Å². The second kappa shape index (κ2) is 3.83. The van der Waals surface area contributed by atoms with Crippen molar-refractivity contribution in [1.82, 2.24) is 14.6 Å². The Morgan fingerprint density at radius 1 is 1.42 bits per heavy atom. The lowest BCUT2D eigenvalue weighted by Gasteiger charge is -2.08. The van der Waals surface area contributed by atoms with Crippen LogP contribution in [0.5, 0.6) is 0 Å². The molecule has 2 aromatic rings. The van der Waals surface area contributed by atoms with Gasteiger partial charge in [-0.3, -0.25) is 0 Å². The molecule has 0 radical (unpaired) electrons. The van der Waals surface area contributed by atoms with Gasteiger partial charge in [-0.2, -0.15) is 5.10 Å². The van der Waals surface area contributed by atoms with Gasteiger partial charge in [0.2, 0.25) is 0 Å². The molecule has 4 nitrogen and oxygen atoms in total. The highest BCUT2D eigenvalue weighted by Gasteiger charge is 2.29. The van der Waals surface area contributed by atoms with Crippen LogP contribution in [0.1, 0.15) is 55.5 Å². The van der Waals surface area contributed by atoms with Crippen LogP contribution in [-0.4, -0.2) is 21.2 Å². The van der Waals surface area contributed by atoms with E-state index in [0.717, 1.165) is 17.0 Å². The number of nitrogens with zero attached hydrogens (tertiary/aromatic N) is 3. The molecule has 2 heterocycles. The van der Waals surface area contributed by atoms with E-state index in [9.17, 15) is 0 Å². The summed E-state index contributed by atoms with van der Waals surface area (Å²) in [4.78, 5) is 4.53. The van der Waals surface area contributed by atoms with Gasteiger partial charge >= 0.3 is 0 Å². The third kappa shape index (κ3) is 1.59. The fourth-order valence-corrected chi connectivity index (χ4v) is 2.85. The van der Waals surface area contributed by atoms with Crippen LogP contribution in [0.3, 0.4) is 0 Å². The Hall–Kier alpha value is -1.84. The van der Waals surface area contributed by atoms with Crippen LogP contribution in [0, 0.1) is 0 Å². The molecule has 2 aliphatic carbocycles. The summed E-state index contributed by atoms with van der Waals surface area (Å²) in [5.41, 5.74) is 4.45. The Kier molecular flexibility index (Phi) is 2.22. The fourth-order valence-electron chi connectivity index (χ4n) is 2.85. The van der Waals surface area contributed by atoms with Crippen molar-refractivity contribution in [3.05, 3.63) is 35.3 Å². The van der Waals surface area contributed by atoms with Crippen molar-refractivity contribution in [2.24, 2.45) is 0 Å². The number of fused-ring (bicyclic) bond motifs is 3. The van der Waals surface area contributed by atoms with Gasteiger partial charge in [0.15, 0.2) is 5.65 Å². The van der Waals surface area contributed by atoms with E-state index < -0.39 is 0 Å². The predicted octanol–water partition coefficient (Wildman–Crippen LogP) is 3.10. The molecule has 98 valence electrons. The average Bonchev–Trinajstić information content (AvgIpc) is 3.08. The molecule has 0 aliphatic heterocycles. The minimum atomic E-state index is 0.328. The first kappa shape index (κ1) is 11.0. The van der Waals surface area contributed by atoms with E-state index in [4.69, 9.17) is 9.84 Å². The lowest BCUT2D eigenvalue weighted by molar-refractivity contribution is 0.298. The topological polar surface area (TPSA) is 39.4 Å². The summed E-state index contributed by atoms with van der Waals surface area (Å²) in [6, 6.07) is 2.13. The van der Waals surface area contributed by atoms with Gasteiger partial charge in [0, 0.05) is 24.1 Å². The van der Waals surface area contributed by atoms with E-state index in [1.807, 2.05) is 17.6 Å². The van der Waals surface area contributed by atoms with Crippen molar-refractivity contribution in [3.8, 4) is 0 Å². The Labute approximate surface area is 112 Å². The molecular weight excluding hydrogens is 238 g/mol. The van der Waals surface area contributed by atoms with E-state index in [0.29, 0.717) is 18.4 Å². The first-order valence-electron chi connectivity index (χ1n) is 7.01. The zero-order chi connectivity index (χ0) is 13.0. The summed E-state index contributed by atoms with van der Waals surface area (Å²) in [5.74, 6) is 1.94. The standard InChI is InChI=1S/C15H17N3O/c1-3-19-13-6-9(2)15-11(13)8-16-14-7-12(10-4-5-10)17-18(14)15/h6-10H,3-5H2,1-2H3. The van der Waals surface area contributed by atoms with Gasteiger partial charge in [-0.25, -0.2) is 9.50 Å². The third-order valence-electron chi connectivity index (χ3n) is 3.93. The normalized spacial score (nSPS) is 21.6. The smallest absolute Gasteiger partial charge is 0.155 e. The number of hydrogen-bond acceptors (Lipinski definition) is 3. The number of rotatable bonds is 3. The average molecular weight is 255 g/mol. The van der Waals surface area contributed by atoms with Crippen LogP contribution in [0.4, 0.5) is 0 Å². The SMILES string of the molecule is CCOC1=CC(C)c2c1cnc1cc(C3CC3)nn21. The molecule has 0 N–H and O–H groups in total. The van der Waals surface area contributed by atoms with Crippen molar-refractivity contribution in [2.75, 3.05) is 6.61 Å². The molecule has 1 saturated carbocycles. The van der Waals surface area contributed by atoms with Crippen molar-refractivity contribution < 1.29 is 4.74 Å². The van der Waals surface area contributed by atoms with Crippen molar-refractivity contribution >= 4 is 11.4 Å². The molecule has 2 aromatic heterocycles. The largest absolute Gasteiger partial charge is 0.493 e. The molecule has 0 amide bonds. The summed E-state index contributed by atoms with van der Waals surface area (Å²) in [6.45, 7) is 4.87. The first-order chi connectivity index (χ1) is 9.28.